The number of aliphatic carboxylic acids is 2. The van der Waals surface area contributed by atoms with E-state index in [0.29, 0.717) is 0 Å². The van der Waals surface area contributed by atoms with E-state index in [1.807, 2.05) is 0 Å². The molecule has 0 aliphatic carbocycles. The number of carboxylic acid groups (broad SMARTS) is 2. The molecule has 0 bridgehead atoms. The summed E-state index contributed by atoms with van der Waals surface area (Å²) in [5, 5.41) is 17.5. The summed E-state index contributed by atoms with van der Waals surface area (Å²) >= 11 is 0. The summed E-state index contributed by atoms with van der Waals surface area (Å²) < 4.78 is 0. The maximum atomic E-state index is 10.8. The van der Waals surface area contributed by atoms with Gasteiger partial charge < -0.3 is 10.2 Å². The van der Waals surface area contributed by atoms with Gasteiger partial charge in [0.1, 0.15) is 11.6 Å². The summed E-state index contributed by atoms with van der Waals surface area (Å²) in [5.74, 6) is -3.93. The lowest BCUT2D eigenvalue weighted by Gasteiger charge is -2.05. The van der Waals surface area contributed by atoms with Crippen LogP contribution in [0.25, 0.3) is 0 Å². The summed E-state index contributed by atoms with van der Waals surface area (Å²) in [4.78, 5) is 43.1. The van der Waals surface area contributed by atoms with Crippen LogP contribution in [0.5, 0.6) is 0 Å². The van der Waals surface area contributed by atoms with Gasteiger partial charge >= 0.3 is 11.9 Å². The van der Waals surface area contributed by atoms with Gasteiger partial charge in [-0.1, -0.05) is 0 Å². The van der Waals surface area contributed by atoms with Crippen LogP contribution in [-0.4, -0.2) is 33.7 Å². The van der Waals surface area contributed by atoms with Crippen LogP contribution < -0.4 is 0 Å². The molecule has 0 saturated carbocycles. The molecule has 0 spiro atoms. The molecule has 0 aromatic rings. The number of hydrogen-bond donors (Lipinski definition) is 2. The van der Waals surface area contributed by atoms with Gasteiger partial charge in [0.15, 0.2) is 0 Å². The maximum Gasteiger partial charge on any atom is 0.332 e. The fraction of sp³-hybridized carbons (Fsp3) is 0.400. The van der Waals surface area contributed by atoms with Crippen molar-refractivity contribution in [2.24, 2.45) is 0 Å². The highest BCUT2D eigenvalue weighted by atomic mass is 16.4. The minimum absolute atomic E-state index is 0.472. The number of carbonyl (C=O) groups is 4. The zero-order valence-corrected chi connectivity index (χ0v) is 8.94. The Morgan fingerprint density at radius 2 is 1.00 bits per heavy atom. The van der Waals surface area contributed by atoms with Crippen molar-refractivity contribution < 1.29 is 29.4 Å². The minimum Gasteiger partial charge on any atom is -0.478 e. The van der Waals surface area contributed by atoms with Gasteiger partial charge in [-0.25, -0.2) is 9.59 Å². The number of Topliss-reactive ketones (excluding diaryl/α,β-unsaturated/α-hetero) is 2. The average molecular weight is 228 g/mol. The molecule has 0 radical (unpaired) electrons. The van der Waals surface area contributed by atoms with Crippen molar-refractivity contribution in [2.75, 3.05) is 0 Å². The molecule has 88 valence electrons. The van der Waals surface area contributed by atoms with Crippen molar-refractivity contribution >= 4 is 23.5 Å². The van der Waals surface area contributed by atoms with Gasteiger partial charge in [0.05, 0.1) is 11.1 Å². The quantitative estimate of drug-likeness (QED) is 0.637. The van der Waals surface area contributed by atoms with Gasteiger partial charge in [-0.3, -0.25) is 9.59 Å². The van der Waals surface area contributed by atoms with E-state index in [9.17, 15) is 19.2 Å². The van der Waals surface area contributed by atoms with E-state index in [1.54, 1.807) is 0 Å². The molecule has 6 heteroatoms. The third-order valence-electron chi connectivity index (χ3n) is 1.73. The third kappa shape index (κ3) is 4.50. The predicted octanol–water partition coefficient (Wildman–Crippen LogP) is 0.410. The Morgan fingerprint density at radius 1 is 0.750 bits per heavy atom. The summed E-state index contributed by atoms with van der Waals surface area (Å²) in [6.45, 7) is 2.30. The molecule has 16 heavy (non-hydrogen) atoms. The SMILES string of the molecule is CC(=O)CC(C(=O)O)=C(CC(C)=O)C(=O)O. The summed E-state index contributed by atoms with van der Waals surface area (Å²) in [6, 6.07) is 0. The Bertz CT molecular complexity index is 341. The van der Waals surface area contributed by atoms with E-state index >= 15 is 0 Å². The van der Waals surface area contributed by atoms with Gasteiger partial charge in [-0.05, 0) is 13.8 Å². The molecule has 0 unspecified atom stereocenters. The van der Waals surface area contributed by atoms with Crippen LogP contribution in [0.2, 0.25) is 0 Å². The van der Waals surface area contributed by atoms with Crippen LogP contribution in [0, 0.1) is 0 Å². The maximum absolute atomic E-state index is 10.8. The lowest BCUT2D eigenvalue weighted by molar-refractivity contribution is -0.137. The zero-order chi connectivity index (χ0) is 12.9. The number of hydrogen-bond acceptors (Lipinski definition) is 4. The van der Waals surface area contributed by atoms with Crippen LogP contribution in [0.1, 0.15) is 26.7 Å². The zero-order valence-electron chi connectivity index (χ0n) is 8.94. The fourth-order valence-corrected chi connectivity index (χ4v) is 1.12. The second-order valence-electron chi connectivity index (χ2n) is 3.32. The van der Waals surface area contributed by atoms with Crippen LogP contribution >= 0.6 is 0 Å². The number of rotatable bonds is 6. The molecule has 0 atom stereocenters. The largest absolute Gasteiger partial charge is 0.478 e. The monoisotopic (exact) mass is 228 g/mol. The van der Waals surface area contributed by atoms with Gasteiger partial charge in [0.2, 0.25) is 0 Å². The van der Waals surface area contributed by atoms with Gasteiger partial charge in [0.25, 0.3) is 0 Å². The van der Waals surface area contributed by atoms with E-state index in [-0.39, 0.29) is 0 Å². The van der Waals surface area contributed by atoms with Gasteiger partial charge in [0, 0.05) is 12.8 Å². The van der Waals surface area contributed by atoms with Crippen molar-refractivity contribution in [1.29, 1.82) is 0 Å². The molecule has 0 rings (SSSR count). The lowest BCUT2D eigenvalue weighted by atomic mass is 9.99. The molecule has 0 aliphatic heterocycles. The molecule has 0 aliphatic rings. The van der Waals surface area contributed by atoms with Crippen LogP contribution in [0.4, 0.5) is 0 Å². The summed E-state index contributed by atoms with van der Waals surface area (Å²) in [5.41, 5.74) is -1.06. The highest BCUT2D eigenvalue weighted by Gasteiger charge is 2.22. The second-order valence-corrected chi connectivity index (χ2v) is 3.32. The normalized spacial score (nSPS) is 11.6. The highest BCUT2D eigenvalue weighted by Crippen LogP contribution is 2.14. The van der Waals surface area contributed by atoms with E-state index in [4.69, 9.17) is 10.2 Å². The van der Waals surface area contributed by atoms with Crippen molar-refractivity contribution in [2.45, 2.75) is 26.7 Å². The Balaban J connectivity index is 5.43. The Kier molecular flexibility index (Phi) is 5.08. The van der Waals surface area contributed by atoms with E-state index in [0.717, 1.165) is 13.8 Å². The smallest absolute Gasteiger partial charge is 0.332 e. The molecule has 2 N–H and O–H groups in total. The first-order valence-corrected chi connectivity index (χ1v) is 4.43. The highest BCUT2D eigenvalue weighted by molar-refractivity contribution is 6.04. The average Bonchev–Trinajstić information content (AvgIpc) is 2.09. The van der Waals surface area contributed by atoms with Gasteiger partial charge in [-0.15, -0.1) is 0 Å². The van der Waals surface area contributed by atoms with Crippen LogP contribution in [-0.2, 0) is 19.2 Å². The Labute approximate surface area is 91.6 Å². The molecule has 0 aromatic carbocycles. The fourth-order valence-electron chi connectivity index (χ4n) is 1.12. The van der Waals surface area contributed by atoms with Crippen LogP contribution in [0.3, 0.4) is 0 Å². The van der Waals surface area contributed by atoms with Gasteiger partial charge in [-0.2, -0.15) is 0 Å². The van der Waals surface area contributed by atoms with Crippen molar-refractivity contribution in [3.63, 3.8) is 0 Å². The molecule has 0 aromatic heterocycles. The first kappa shape index (κ1) is 14.0. The standard InChI is InChI=1S/C10H12O6/c1-5(11)3-7(9(13)14)8(10(15)16)4-6(2)12/h3-4H2,1-2H3,(H,13,14)(H,15,16). The topological polar surface area (TPSA) is 109 Å². The third-order valence-corrected chi connectivity index (χ3v) is 1.73. The molecule has 6 nitrogen and oxygen atoms in total. The number of carbonyl (C=O) groups excluding carboxylic acids is 2. The first-order chi connectivity index (χ1) is 7.25. The second kappa shape index (κ2) is 5.79. The molecule has 0 heterocycles. The predicted molar refractivity (Wildman–Crippen MR) is 52.9 cm³/mol. The molecular formula is C10H12O6. The van der Waals surface area contributed by atoms with E-state index in [1.165, 1.54) is 0 Å². The van der Waals surface area contributed by atoms with Crippen molar-refractivity contribution in [1.82, 2.24) is 0 Å². The summed E-state index contributed by atoms with van der Waals surface area (Å²) in [7, 11) is 0. The van der Waals surface area contributed by atoms with Crippen molar-refractivity contribution in [3.05, 3.63) is 11.1 Å². The molecule has 0 amide bonds. The number of carboxylic acids is 2. The first-order valence-electron chi connectivity index (χ1n) is 4.43. The van der Waals surface area contributed by atoms with E-state index in [2.05, 4.69) is 0 Å². The molecular weight excluding hydrogens is 216 g/mol. The molecule has 0 saturated heterocycles. The lowest BCUT2D eigenvalue weighted by Crippen LogP contribution is -2.15. The van der Waals surface area contributed by atoms with E-state index < -0.39 is 47.5 Å². The number of ketones is 2. The Hall–Kier alpha value is -1.98. The minimum atomic E-state index is -1.49. The molecule has 0 fully saturated rings. The Morgan fingerprint density at radius 3 is 1.12 bits per heavy atom. The van der Waals surface area contributed by atoms with Crippen molar-refractivity contribution in [3.8, 4) is 0 Å². The summed E-state index contributed by atoms with van der Waals surface area (Å²) in [6.07, 6.45) is -0.992. The van der Waals surface area contributed by atoms with Crippen LogP contribution in [0.15, 0.2) is 11.1 Å².